The zero-order valence-electron chi connectivity index (χ0n) is 29.0. The largest absolute Gasteiger partial charge is 0.309 e. The van der Waals surface area contributed by atoms with Crippen LogP contribution in [0.1, 0.15) is 25.0 Å². The van der Waals surface area contributed by atoms with Crippen molar-refractivity contribution in [3.05, 3.63) is 181 Å². The fourth-order valence-electron chi connectivity index (χ4n) is 8.01. The van der Waals surface area contributed by atoms with E-state index in [0.29, 0.717) is 17.5 Å². The molecular weight excluding hydrogens is 633 g/mol. The Morgan fingerprint density at radius 1 is 0.385 bits per heavy atom. The van der Waals surface area contributed by atoms with Crippen molar-refractivity contribution in [1.29, 1.82) is 0 Å². The highest BCUT2D eigenvalue weighted by atomic mass is 15.0. The number of hydrogen-bond donors (Lipinski definition) is 0. The van der Waals surface area contributed by atoms with E-state index in [2.05, 4.69) is 170 Å². The lowest BCUT2D eigenvalue weighted by Gasteiger charge is -2.21. The van der Waals surface area contributed by atoms with Crippen molar-refractivity contribution < 1.29 is 0 Å². The second kappa shape index (κ2) is 11.7. The van der Waals surface area contributed by atoms with Crippen molar-refractivity contribution >= 4 is 21.8 Å². The second-order valence-electron chi connectivity index (χ2n) is 14.1. The molecule has 4 heteroatoms. The monoisotopic (exact) mass is 666 g/mol. The molecule has 0 fully saturated rings. The maximum absolute atomic E-state index is 5.09. The van der Waals surface area contributed by atoms with Crippen LogP contribution in [0.5, 0.6) is 0 Å². The van der Waals surface area contributed by atoms with Crippen LogP contribution in [0.2, 0.25) is 0 Å². The summed E-state index contributed by atoms with van der Waals surface area (Å²) in [4.78, 5) is 15.1. The molecule has 52 heavy (non-hydrogen) atoms. The number of hydrogen-bond acceptors (Lipinski definition) is 3. The van der Waals surface area contributed by atoms with Crippen molar-refractivity contribution in [3.8, 4) is 62.1 Å². The van der Waals surface area contributed by atoms with Gasteiger partial charge in [-0.3, -0.25) is 0 Å². The summed E-state index contributed by atoms with van der Waals surface area (Å²) in [6.07, 6.45) is 0. The van der Waals surface area contributed by atoms with Gasteiger partial charge in [0, 0.05) is 38.6 Å². The van der Waals surface area contributed by atoms with Crippen LogP contribution < -0.4 is 0 Å². The van der Waals surface area contributed by atoms with Gasteiger partial charge in [0.25, 0.3) is 0 Å². The van der Waals surface area contributed by atoms with Crippen LogP contribution in [0.25, 0.3) is 83.9 Å². The van der Waals surface area contributed by atoms with Crippen molar-refractivity contribution in [2.75, 3.05) is 0 Å². The highest BCUT2D eigenvalue weighted by Gasteiger charge is 2.35. The first-order valence-corrected chi connectivity index (χ1v) is 17.8. The molecule has 0 bridgehead atoms. The van der Waals surface area contributed by atoms with Crippen molar-refractivity contribution in [2.45, 2.75) is 19.3 Å². The summed E-state index contributed by atoms with van der Waals surface area (Å²) < 4.78 is 2.35. The molecule has 0 saturated carbocycles. The quantitative estimate of drug-likeness (QED) is 0.184. The first-order chi connectivity index (χ1) is 25.5. The average molecular weight is 667 g/mol. The molecule has 0 atom stereocenters. The minimum Gasteiger partial charge on any atom is -0.309 e. The van der Waals surface area contributed by atoms with Crippen LogP contribution in [0.3, 0.4) is 0 Å². The molecule has 0 saturated heterocycles. The van der Waals surface area contributed by atoms with Gasteiger partial charge in [0.05, 0.1) is 11.0 Å². The van der Waals surface area contributed by atoms with E-state index >= 15 is 0 Å². The zero-order valence-corrected chi connectivity index (χ0v) is 29.0. The molecule has 1 aliphatic carbocycles. The molecule has 246 valence electrons. The smallest absolute Gasteiger partial charge is 0.164 e. The van der Waals surface area contributed by atoms with E-state index in [-0.39, 0.29) is 5.41 Å². The van der Waals surface area contributed by atoms with Crippen molar-refractivity contribution in [3.63, 3.8) is 0 Å². The molecule has 0 radical (unpaired) electrons. The Labute approximate surface area is 302 Å². The van der Waals surface area contributed by atoms with Crippen LogP contribution in [0.4, 0.5) is 0 Å². The van der Waals surface area contributed by atoms with Gasteiger partial charge in [-0.15, -0.1) is 0 Å². The number of para-hydroxylation sites is 2. The highest BCUT2D eigenvalue weighted by Crippen LogP contribution is 2.49. The summed E-state index contributed by atoms with van der Waals surface area (Å²) in [5, 5.41) is 2.53. The maximum atomic E-state index is 5.09. The Morgan fingerprint density at radius 3 is 1.50 bits per heavy atom. The fraction of sp³-hybridized carbons (Fsp3) is 0.0625. The number of benzene rings is 7. The van der Waals surface area contributed by atoms with E-state index in [0.717, 1.165) is 33.5 Å². The van der Waals surface area contributed by atoms with Crippen LogP contribution in [-0.2, 0) is 5.41 Å². The number of fused-ring (bicyclic) bond motifs is 6. The molecule has 0 unspecified atom stereocenters. The SMILES string of the molecule is CC1(C)c2ccccc2-c2ccc(-c3nc(-c4ccccc4)nc(-c4ccc(-c5ccc(-n6c7ccccc7c7ccccc76)cc5)cc4)n3)cc21. The van der Waals surface area contributed by atoms with Gasteiger partial charge in [0.2, 0.25) is 0 Å². The van der Waals surface area contributed by atoms with Gasteiger partial charge in [-0.2, -0.15) is 0 Å². The molecule has 9 aromatic rings. The molecule has 0 aliphatic heterocycles. The topological polar surface area (TPSA) is 43.6 Å². The standard InChI is InChI=1S/C48H34N4/c1-48(2)41-17-9-6-14-37(41)38-29-26-35(30-42(38)48)47-50-45(33-12-4-3-5-13-33)49-46(51-47)34-22-20-31(21-23-34)32-24-27-36(28-25-32)52-43-18-10-7-15-39(43)40-16-8-11-19-44(40)52/h3-30H,1-2H3. The third kappa shape index (κ3) is 4.79. The van der Waals surface area contributed by atoms with E-state index in [1.54, 1.807) is 0 Å². The van der Waals surface area contributed by atoms with Crippen LogP contribution in [0.15, 0.2) is 170 Å². The van der Waals surface area contributed by atoms with E-state index in [1.165, 1.54) is 44.1 Å². The number of aromatic nitrogens is 4. The first kappa shape index (κ1) is 30.2. The summed E-state index contributed by atoms with van der Waals surface area (Å²) in [5.74, 6) is 1.98. The summed E-state index contributed by atoms with van der Waals surface area (Å²) in [5.41, 5.74) is 13.9. The number of rotatable bonds is 5. The molecule has 4 nitrogen and oxygen atoms in total. The summed E-state index contributed by atoms with van der Waals surface area (Å²) in [6.45, 7) is 4.60. The molecule has 0 N–H and O–H groups in total. The molecular formula is C48H34N4. The van der Waals surface area contributed by atoms with Gasteiger partial charge >= 0.3 is 0 Å². The van der Waals surface area contributed by atoms with Crippen LogP contribution >= 0.6 is 0 Å². The van der Waals surface area contributed by atoms with Crippen molar-refractivity contribution in [1.82, 2.24) is 19.5 Å². The predicted molar refractivity (Wildman–Crippen MR) is 213 cm³/mol. The van der Waals surface area contributed by atoms with Crippen LogP contribution in [0, 0.1) is 0 Å². The van der Waals surface area contributed by atoms with Gasteiger partial charge in [-0.25, -0.2) is 15.0 Å². The summed E-state index contributed by atoms with van der Waals surface area (Å²) >= 11 is 0. The minimum atomic E-state index is -0.114. The molecule has 0 spiro atoms. The Kier molecular flexibility index (Phi) is 6.80. The lowest BCUT2D eigenvalue weighted by molar-refractivity contribution is 0.660. The zero-order chi connectivity index (χ0) is 34.8. The molecule has 10 rings (SSSR count). The number of nitrogens with zero attached hydrogens (tertiary/aromatic N) is 4. The Hall–Kier alpha value is -6.65. The average Bonchev–Trinajstić information content (AvgIpc) is 3.66. The van der Waals surface area contributed by atoms with E-state index in [1.807, 2.05) is 18.2 Å². The third-order valence-corrected chi connectivity index (χ3v) is 10.7. The molecule has 7 aromatic carbocycles. The molecule has 2 aromatic heterocycles. The third-order valence-electron chi connectivity index (χ3n) is 10.7. The first-order valence-electron chi connectivity index (χ1n) is 17.8. The Morgan fingerprint density at radius 2 is 0.846 bits per heavy atom. The summed E-state index contributed by atoms with van der Waals surface area (Å²) in [7, 11) is 0. The van der Waals surface area contributed by atoms with Gasteiger partial charge < -0.3 is 4.57 Å². The molecule has 2 heterocycles. The van der Waals surface area contributed by atoms with Crippen molar-refractivity contribution in [2.24, 2.45) is 0 Å². The predicted octanol–water partition coefficient (Wildman–Crippen LogP) is 11.9. The van der Waals surface area contributed by atoms with E-state index in [9.17, 15) is 0 Å². The normalized spacial score (nSPS) is 13.0. The van der Waals surface area contributed by atoms with E-state index in [4.69, 9.17) is 15.0 Å². The Balaban J connectivity index is 1.01. The fourth-order valence-corrected chi connectivity index (χ4v) is 8.01. The molecule has 0 amide bonds. The maximum Gasteiger partial charge on any atom is 0.164 e. The second-order valence-corrected chi connectivity index (χ2v) is 14.1. The van der Waals surface area contributed by atoms with Gasteiger partial charge in [0.1, 0.15) is 0 Å². The van der Waals surface area contributed by atoms with Gasteiger partial charge in [0.15, 0.2) is 17.5 Å². The lowest BCUT2D eigenvalue weighted by atomic mass is 9.82. The minimum absolute atomic E-state index is 0.114. The van der Waals surface area contributed by atoms with E-state index < -0.39 is 0 Å². The summed E-state index contributed by atoms with van der Waals surface area (Å²) in [6, 6.07) is 60.2. The lowest BCUT2D eigenvalue weighted by Crippen LogP contribution is -2.15. The molecule has 1 aliphatic rings. The Bertz CT molecular complexity index is 2740. The van der Waals surface area contributed by atoms with Gasteiger partial charge in [-0.1, -0.05) is 153 Å². The highest BCUT2D eigenvalue weighted by molar-refractivity contribution is 6.09. The van der Waals surface area contributed by atoms with Crippen LogP contribution in [-0.4, -0.2) is 19.5 Å². The van der Waals surface area contributed by atoms with Gasteiger partial charge in [-0.05, 0) is 63.7 Å².